The molecule has 16 heavy (non-hydrogen) atoms. The van der Waals surface area contributed by atoms with Crippen LogP contribution in [0.25, 0.3) is 0 Å². The van der Waals surface area contributed by atoms with Gasteiger partial charge >= 0.3 is 11.9 Å². The van der Waals surface area contributed by atoms with Gasteiger partial charge in [0.1, 0.15) is 0 Å². The third-order valence-electron chi connectivity index (χ3n) is 2.10. The monoisotopic (exact) mass is 226 g/mol. The van der Waals surface area contributed by atoms with Crippen molar-refractivity contribution in [2.75, 3.05) is 13.2 Å². The summed E-state index contributed by atoms with van der Waals surface area (Å²) >= 11 is 0. The molecule has 0 aromatic heterocycles. The molecule has 1 unspecified atom stereocenters. The van der Waals surface area contributed by atoms with Gasteiger partial charge in [-0.2, -0.15) is 0 Å². The van der Waals surface area contributed by atoms with Crippen LogP contribution in [0.3, 0.4) is 0 Å². The van der Waals surface area contributed by atoms with Gasteiger partial charge in [-0.1, -0.05) is 13.2 Å². The maximum absolute atomic E-state index is 11.3. The fourth-order valence-corrected chi connectivity index (χ4v) is 1.02. The standard InChI is InChI=1S/C11H14O5/c1-7(10(12)13)3-4-15-11(14)8(2)5-9-6-16-9/h9H,1-6H2,(H,12,13). The normalized spacial score (nSPS) is 17.6. The second-order valence-electron chi connectivity index (χ2n) is 3.56. The van der Waals surface area contributed by atoms with Crippen LogP contribution < -0.4 is 0 Å². The Balaban J connectivity index is 2.16. The molecule has 5 nitrogen and oxygen atoms in total. The van der Waals surface area contributed by atoms with Crippen molar-refractivity contribution in [1.29, 1.82) is 0 Å². The Labute approximate surface area is 93.3 Å². The van der Waals surface area contributed by atoms with Gasteiger partial charge in [-0.15, -0.1) is 0 Å². The second-order valence-corrected chi connectivity index (χ2v) is 3.56. The maximum atomic E-state index is 11.3. The highest BCUT2D eigenvalue weighted by Gasteiger charge is 2.25. The van der Waals surface area contributed by atoms with E-state index in [-0.39, 0.29) is 24.7 Å². The first kappa shape index (κ1) is 12.4. The lowest BCUT2D eigenvalue weighted by molar-refractivity contribution is -0.140. The van der Waals surface area contributed by atoms with E-state index in [0.29, 0.717) is 18.6 Å². The van der Waals surface area contributed by atoms with Crippen LogP contribution >= 0.6 is 0 Å². The molecule has 0 aliphatic carbocycles. The third kappa shape index (κ3) is 4.27. The van der Waals surface area contributed by atoms with E-state index in [1.165, 1.54) is 0 Å². The number of carboxylic acid groups (broad SMARTS) is 1. The Kier molecular flexibility index (Phi) is 4.25. The molecule has 1 aliphatic rings. The molecule has 0 aromatic carbocycles. The summed E-state index contributed by atoms with van der Waals surface area (Å²) in [4.78, 5) is 21.7. The van der Waals surface area contributed by atoms with Crippen LogP contribution in [-0.4, -0.2) is 36.4 Å². The lowest BCUT2D eigenvalue weighted by atomic mass is 10.2. The molecule has 5 heteroatoms. The first-order chi connectivity index (χ1) is 7.50. The summed E-state index contributed by atoms with van der Waals surface area (Å²) < 4.78 is 9.78. The fraction of sp³-hybridized carbons (Fsp3) is 0.455. The predicted octanol–water partition coefficient (Wildman–Crippen LogP) is 0.906. The van der Waals surface area contributed by atoms with Gasteiger partial charge < -0.3 is 14.6 Å². The number of carbonyl (C=O) groups excluding carboxylic acids is 1. The van der Waals surface area contributed by atoms with E-state index in [0.717, 1.165) is 0 Å². The van der Waals surface area contributed by atoms with Crippen LogP contribution in [0.15, 0.2) is 24.3 Å². The summed E-state index contributed by atoms with van der Waals surface area (Å²) in [7, 11) is 0. The lowest BCUT2D eigenvalue weighted by Gasteiger charge is -2.05. The van der Waals surface area contributed by atoms with Crippen LogP contribution in [0, 0.1) is 0 Å². The smallest absolute Gasteiger partial charge is 0.333 e. The SMILES string of the molecule is C=C(CCOC(=O)C(=C)CC1CO1)C(=O)O. The Bertz CT molecular complexity index is 327. The van der Waals surface area contributed by atoms with E-state index < -0.39 is 11.9 Å². The molecule has 1 heterocycles. The lowest BCUT2D eigenvalue weighted by Crippen LogP contribution is -2.11. The van der Waals surface area contributed by atoms with Crippen LogP contribution in [-0.2, 0) is 19.1 Å². The third-order valence-corrected chi connectivity index (χ3v) is 2.10. The van der Waals surface area contributed by atoms with Gasteiger partial charge in [0.05, 0.1) is 19.3 Å². The Morgan fingerprint density at radius 1 is 1.38 bits per heavy atom. The number of rotatable bonds is 7. The number of epoxide rings is 1. The van der Waals surface area contributed by atoms with Gasteiger partial charge in [0.2, 0.25) is 0 Å². The summed E-state index contributed by atoms with van der Waals surface area (Å²) in [5, 5.41) is 8.51. The van der Waals surface area contributed by atoms with Crippen molar-refractivity contribution in [2.24, 2.45) is 0 Å². The van der Waals surface area contributed by atoms with Gasteiger partial charge in [-0.3, -0.25) is 0 Å². The van der Waals surface area contributed by atoms with Gasteiger partial charge in [0.25, 0.3) is 0 Å². The maximum Gasteiger partial charge on any atom is 0.333 e. The van der Waals surface area contributed by atoms with Gasteiger partial charge in [0.15, 0.2) is 0 Å². The molecule has 88 valence electrons. The number of hydrogen-bond donors (Lipinski definition) is 1. The minimum absolute atomic E-state index is 0.00844. The Morgan fingerprint density at radius 2 is 2.00 bits per heavy atom. The predicted molar refractivity (Wildman–Crippen MR) is 55.8 cm³/mol. The first-order valence-electron chi connectivity index (χ1n) is 4.88. The molecule has 1 rings (SSSR count). The molecule has 0 amide bonds. The summed E-state index contributed by atoms with van der Waals surface area (Å²) in [6.07, 6.45) is 0.682. The van der Waals surface area contributed by atoms with E-state index in [9.17, 15) is 9.59 Å². The number of carboxylic acids is 1. The number of aliphatic carboxylic acids is 1. The molecular formula is C11H14O5. The molecule has 1 aliphatic heterocycles. The molecule has 0 radical (unpaired) electrons. The molecule has 1 fully saturated rings. The average Bonchev–Trinajstić information content (AvgIpc) is 3.00. The van der Waals surface area contributed by atoms with Crippen molar-refractivity contribution in [3.63, 3.8) is 0 Å². The Morgan fingerprint density at radius 3 is 2.50 bits per heavy atom. The number of hydrogen-bond acceptors (Lipinski definition) is 4. The van der Waals surface area contributed by atoms with E-state index >= 15 is 0 Å². The zero-order chi connectivity index (χ0) is 12.1. The summed E-state index contributed by atoms with van der Waals surface area (Å²) in [5.41, 5.74) is 0.368. The minimum atomic E-state index is -1.08. The van der Waals surface area contributed by atoms with Gasteiger partial charge in [-0.25, -0.2) is 9.59 Å². The van der Waals surface area contributed by atoms with Gasteiger partial charge in [0, 0.05) is 24.0 Å². The topological polar surface area (TPSA) is 76.1 Å². The molecule has 0 saturated carbocycles. The average molecular weight is 226 g/mol. The van der Waals surface area contributed by atoms with Crippen LogP contribution in [0.1, 0.15) is 12.8 Å². The first-order valence-corrected chi connectivity index (χ1v) is 4.88. The van der Waals surface area contributed by atoms with Crippen LogP contribution in [0.5, 0.6) is 0 Å². The number of carbonyl (C=O) groups is 2. The fourth-order valence-electron chi connectivity index (χ4n) is 1.02. The molecule has 1 N–H and O–H groups in total. The van der Waals surface area contributed by atoms with Crippen LogP contribution in [0.2, 0.25) is 0 Å². The van der Waals surface area contributed by atoms with E-state index in [4.69, 9.17) is 14.6 Å². The largest absolute Gasteiger partial charge is 0.478 e. The minimum Gasteiger partial charge on any atom is -0.478 e. The molecule has 0 spiro atoms. The van der Waals surface area contributed by atoms with Crippen molar-refractivity contribution in [3.8, 4) is 0 Å². The van der Waals surface area contributed by atoms with Crippen molar-refractivity contribution >= 4 is 11.9 Å². The molecule has 1 atom stereocenters. The summed E-state index contributed by atoms with van der Waals surface area (Å²) in [6.45, 7) is 7.56. The van der Waals surface area contributed by atoms with Crippen molar-refractivity contribution in [3.05, 3.63) is 24.3 Å². The van der Waals surface area contributed by atoms with Crippen molar-refractivity contribution in [1.82, 2.24) is 0 Å². The number of esters is 1. The molecule has 0 bridgehead atoms. The summed E-state index contributed by atoms with van der Waals surface area (Å²) in [5.74, 6) is -1.59. The van der Waals surface area contributed by atoms with E-state index in [2.05, 4.69) is 13.2 Å². The van der Waals surface area contributed by atoms with E-state index in [1.807, 2.05) is 0 Å². The zero-order valence-electron chi connectivity index (χ0n) is 8.90. The highest BCUT2D eigenvalue weighted by Crippen LogP contribution is 2.18. The molecule has 0 aromatic rings. The Hall–Kier alpha value is -1.62. The zero-order valence-corrected chi connectivity index (χ0v) is 8.90. The summed E-state index contributed by atoms with van der Waals surface area (Å²) in [6, 6.07) is 0. The number of ether oxygens (including phenoxy) is 2. The van der Waals surface area contributed by atoms with Gasteiger partial charge in [-0.05, 0) is 0 Å². The van der Waals surface area contributed by atoms with Crippen molar-refractivity contribution in [2.45, 2.75) is 18.9 Å². The molecule has 1 saturated heterocycles. The second kappa shape index (κ2) is 5.46. The highest BCUT2D eigenvalue weighted by molar-refractivity contribution is 5.88. The van der Waals surface area contributed by atoms with E-state index in [1.54, 1.807) is 0 Å². The molecular weight excluding hydrogens is 212 g/mol. The highest BCUT2D eigenvalue weighted by atomic mass is 16.6. The van der Waals surface area contributed by atoms with Crippen molar-refractivity contribution < 1.29 is 24.2 Å². The quantitative estimate of drug-likeness (QED) is 0.396. The van der Waals surface area contributed by atoms with Crippen LogP contribution in [0.4, 0.5) is 0 Å².